The van der Waals surface area contributed by atoms with E-state index in [1.807, 2.05) is 32.9 Å². The standard InChI is InChI=1S/C26H36ClN5O3/c1-6-17-8-9-23(30-21(17)7-2)32-15-19(16-32)34-24(29)20(14-22(27)28)18-10-12-31(13-11-18)25(33)35-26(3,4)5/h6-9,14,18-19H,1-2,10-13,15-16,28-29H2,3-5H3/b22-14-,24-20-. The Hall–Kier alpha value is -3.13. The molecule has 0 spiro atoms. The minimum absolute atomic E-state index is 0.0745. The molecule has 1 aromatic rings. The summed E-state index contributed by atoms with van der Waals surface area (Å²) in [6.07, 6.45) is 6.18. The average Bonchev–Trinajstić information content (AvgIpc) is 2.77. The Morgan fingerprint density at radius 3 is 2.37 bits per heavy atom. The molecule has 0 aliphatic carbocycles. The van der Waals surface area contributed by atoms with Gasteiger partial charge in [-0.05, 0) is 69.4 Å². The SMILES string of the molecule is C=Cc1ccc(N2CC(O/C(N)=C(/C=C(\N)Cl)C3CCN(C(=O)OC(C)(C)C)CC3)C2)nc1C=C. The van der Waals surface area contributed by atoms with Crippen molar-refractivity contribution in [3.8, 4) is 0 Å². The number of allylic oxidation sites excluding steroid dienone is 2. The van der Waals surface area contributed by atoms with E-state index in [9.17, 15) is 4.79 Å². The van der Waals surface area contributed by atoms with Crippen molar-refractivity contribution < 1.29 is 14.3 Å². The van der Waals surface area contributed by atoms with E-state index in [2.05, 4.69) is 23.0 Å². The normalized spacial score (nSPS) is 18.5. The maximum absolute atomic E-state index is 12.4. The molecule has 1 aromatic heterocycles. The first-order chi connectivity index (χ1) is 16.5. The van der Waals surface area contributed by atoms with Crippen molar-refractivity contribution >= 4 is 35.7 Å². The summed E-state index contributed by atoms with van der Waals surface area (Å²) in [6, 6.07) is 3.94. The van der Waals surface area contributed by atoms with E-state index in [0.29, 0.717) is 44.9 Å². The Balaban J connectivity index is 1.62. The quantitative estimate of drug-likeness (QED) is 0.323. The van der Waals surface area contributed by atoms with Crippen LogP contribution in [-0.4, -0.2) is 53.9 Å². The van der Waals surface area contributed by atoms with E-state index >= 15 is 0 Å². The zero-order valence-electron chi connectivity index (χ0n) is 20.8. The van der Waals surface area contributed by atoms with Crippen molar-refractivity contribution in [1.82, 2.24) is 9.88 Å². The van der Waals surface area contributed by atoms with Crippen LogP contribution in [0.5, 0.6) is 0 Å². The minimum atomic E-state index is -0.528. The van der Waals surface area contributed by atoms with Crippen LogP contribution < -0.4 is 16.4 Å². The van der Waals surface area contributed by atoms with Crippen molar-refractivity contribution in [3.05, 3.63) is 59.2 Å². The summed E-state index contributed by atoms with van der Waals surface area (Å²) in [6.45, 7) is 15.6. The van der Waals surface area contributed by atoms with Gasteiger partial charge in [-0.25, -0.2) is 9.78 Å². The summed E-state index contributed by atoms with van der Waals surface area (Å²) in [4.78, 5) is 20.9. The lowest BCUT2D eigenvalue weighted by atomic mass is 9.89. The third kappa shape index (κ3) is 6.94. The highest BCUT2D eigenvalue weighted by Gasteiger charge is 2.33. The fourth-order valence-corrected chi connectivity index (χ4v) is 4.29. The van der Waals surface area contributed by atoms with Crippen LogP contribution >= 0.6 is 11.6 Å². The van der Waals surface area contributed by atoms with Crippen LogP contribution in [0.15, 0.2) is 48.0 Å². The van der Waals surface area contributed by atoms with Crippen molar-refractivity contribution in [2.24, 2.45) is 17.4 Å². The van der Waals surface area contributed by atoms with Crippen LogP contribution in [-0.2, 0) is 9.47 Å². The molecule has 1 amide bonds. The molecule has 0 saturated carbocycles. The van der Waals surface area contributed by atoms with Crippen LogP contribution in [0.3, 0.4) is 0 Å². The zero-order chi connectivity index (χ0) is 25.8. The van der Waals surface area contributed by atoms with E-state index in [-0.39, 0.29) is 23.3 Å². The average molecular weight is 502 g/mol. The molecule has 8 nitrogen and oxygen atoms in total. The number of rotatable bonds is 7. The summed E-state index contributed by atoms with van der Waals surface area (Å²) in [5.74, 6) is 1.24. The first-order valence-corrected chi connectivity index (χ1v) is 12.2. The molecule has 2 aliphatic rings. The van der Waals surface area contributed by atoms with Gasteiger partial charge in [0.05, 0.1) is 23.9 Å². The monoisotopic (exact) mass is 501 g/mol. The number of piperidine rings is 1. The first-order valence-electron chi connectivity index (χ1n) is 11.8. The van der Waals surface area contributed by atoms with Gasteiger partial charge in [-0.2, -0.15) is 0 Å². The maximum atomic E-state index is 12.4. The molecule has 0 radical (unpaired) electrons. The van der Waals surface area contributed by atoms with Crippen molar-refractivity contribution in [2.45, 2.75) is 45.3 Å². The number of ether oxygens (including phenoxy) is 2. The number of hydrogen-bond acceptors (Lipinski definition) is 7. The van der Waals surface area contributed by atoms with Crippen LogP contribution in [0.2, 0.25) is 0 Å². The van der Waals surface area contributed by atoms with Crippen molar-refractivity contribution in [3.63, 3.8) is 0 Å². The molecule has 0 atom stereocenters. The van der Waals surface area contributed by atoms with Gasteiger partial charge in [0.15, 0.2) is 5.88 Å². The number of likely N-dealkylation sites (tertiary alicyclic amines) is 1. The first kappa shape index (κ1) is 26.5. The number of hydrogen-bond donors (Lipinski definition) is 2. The van der Waals surface area contributed by atoms with Crippen molar-refractivity contribution in [1.29, 1.82) is 0 Å². The van der Waals surface area contributed by atoms with Gasteiger partial charge in [0, 0.05) is 18.7 Å². The van der Waals surface area contributed by atoms with Gasteiger partial charge < -0.3 is 30.7 Å². The van der Waals surface area contributed by atoms with E-state index in [4.69, 9.17) is 32.5 Å². The van der Waals surface area contributed by atoms with Gasteiger partial charge in [0.1, 0.15) is 17.5 Å². The van der Waals surface area contributed by atoms with E-state index in [0.717, 1.165) is 22.6 Å². The maximum Gasteiger partial charge on any atom is 0.410 e. The predicted octanol–water partition coefficient (Wildman–Crippen LogP) is 4.43. The highest BCUT2D eigenvalue weighted by atomic mass is 35.5. The molecule has 2 saturated heterocycles. The summed E-state index contributed by atoms with van der Waals surface area (Å²) >= 11 is 6.01. The highest BCUT2D eigenvalue weighted by Crippen LogP contribution is 2.30. The lowest BCUT2D eigenvalue weighted by Crippen LogP contribution is -2.53. The van der Waals surface area contributed by atoms with Crippen LogP contribution in [0.1, 0.15) is 44.9 Å². The number of nitrogens with zero attached hydrogens (tertiary/aromatic N) is 3. The molecule has 4 N–H and O–H groups in total. The van der Waals surface area contributed by atoms with Crippen LogP contribution in [0.25, 0.3) is 12.2 Å². The molecule has 2 fully saturated rings. The molecule has 190 valence electrons. The number of carbonyl (C=O) groups is 1. The second kappa shape index (κ2) is 11.1. The van der Waals surface area contributed by atoms with Gasteiger partial charge in [-0.1, -0.05) is 30.8 Å². The molecule has 0 unspecified atom stereocenters. The second-order valence-corrected chi connectivity index (χ2v) is 10.2. The molecule has 9 heteroatoms. The smallest absolute Gasteiger partial charge is 0.410 e. The largest absolute Gasteiger partial charge is 0.472 e. The fourth-order valence-electron chi connectivity index (χ4n) is 4.17. The third-order valence-corrected chi connectivity index (χ3v) is 6.10. The summed E-state index contributed by atoms with van der Waals surface area (Å²) in [7, 11) is 0. The van der Waals surface area contributed by atoms with Crippen LogP contribution in [0, 0.1) is 5.92 Å². The van der Waals surface area contributed by atoms with Gasteiger partial charge in [-0.3, -0.25) is 0 Å². The van der Waals surface area contributed by atoms with Crippen molar-refractivity contribution in [2.75, 3.05) is 31.1 Å². The fraction of sp³-hybridized carbons (Fsp3) is 0.462. The Morgan fingerprint density at radius 1 is 1.17 bits per heavy atom. The number of nitrogens with two attached hydrogens (primary N) is 2. The third-order valence-electron chi connectivity index (χ3n) is 5.99. The molecule has 0 bridgehead atoms. The Kier molecular flexibility index (Phi) is 8.38. The Morgan fingerprint density at radius 2 is 1.83 bits per heavy atom. The van der Waals surface area contributed by atoms with Gasteiger partial charge >= 0.3 is 6.09 Å². The lowest BCUT2D eigenvalue weighted by molar-refractivity contribution is 0.0192. The predicted molar refractivity (Wildman–Crippen MR) is 141 cm³/mol. The molecule has 3 heterocycles. The Bertz CT molecular complexity index is 1010. The number of carbonyl (C=O) groups excluding carboxylic acids is 1. The molecule has 35 heavy (non-hydrogen) atoms. The Labute approximate surface area is 212 Å². The molecule has 0 aromatic carbocycles. The number of pyridine rings is 1. The molecule has 3 rings (SSSR count). The lowest BCUT2D eigenvalue weighted by Gasteiger charge is -2.40. The van der Waals surface area contributed by atoms with E-state index < -0.39 is 5.60 Å². The summed E-state index contributed by atoms with van der Waals surface area (Å²) in [5.41, 5.74) is 14.1. The topological polar surface area (TPSA) is 107 Å². The van der Waals surface area contributed by atoms with E-state index in [1.165, 1.54) is 0 Å². The highest BCUT2D eigenvalue weighted by molar-refractivity contribution is 6.29. The number of halogens is 1. The van der Waals surface area contributed by atoms with Gasteiger partial charge in [-0.15, -0.1) is 0 Å². The molecular weight excluding hydrogens is 466 g/mol. The minimum Gasteiger partial charge on any atom is -0.472 e. The van der Waals surface area contributed by atoms with Crippen LogP contribution in [0.4, 0.5) is 10.6 Å². The number of anilines is 1. The second-order valence-electron chi connectivity index (χ2n) is 9.79. The summed E-state index contributed by atoms with van der Waals surface area (Å²) in [5, 5.41) is 0.139. The van der Waals surface area contributed by atoms with Gasteiger partial charge in [0.25, 0.3) is 0 Å². The molecular formula is C26H36ClN5O3. The molecule has 2 aliphatic heterocycles. The summed E-state index contributed by atoms with van der Waals surface area (Å²) < 4.78 is 11.6. The van der Waals surface area contributed by atoms with Gasteiger partial charge in [0.2, 0.25) is 0 Å². The number of amides is 1. The zero-order valence-corrected chi connectivity index (χ0v) is 21.6. The number of aromatic nitrogens is 1. The van der Waals surface area contributed by atoms with E-state index in [1.54, 1.807) is 23.1 Å².